The van der Waals surface area contributed by atoms with E-state index in [1.54, 1.807) is 0 Å². The lowest BCUT2D eigenvalue weighted by molar-refractivity contribution is -0.125. The third-order valence-corrected chi connectivity index (χ3v) is 5.40. The van der Waals surface area contributed by atoms with Crippen molar-refractivity contribution in [3.63, 3.8) is 0 Å². The Morgan fingerprint density at radius 2 is 1.67 bits per heavy atom. The molecule has 3 aliphatic carbocycles. The van der Waals surface area contributed by atoms with Gasteiger partial charge in [0, 0.05) is 21.7 Å². The Balaban J connectivity index is 1.85. The number of halogens is 3. The van der Waals surface area contributed by atoms with Crippen molar-refractivity contribution in [2.45, 2.75) is 24.7 Å². The topological polar surface area (TPSA) is 34.1 Å². The second kappa shape index (κ2) is 3.45. The lowest BCUT2D eigenvalue weighted by Gasteiger charge is -2.70. The minimum Gasteiger partial charge on any atom is -0.212 e. The van der Waals surface area contributed by atoms with Crippen molar-refractivity contribution in [1.82, 2.24) is 0 Å². The first-order valence-electron chi connectivity index (χ1n) is 5.62. The fourth-order valence-electron chi connectivity index (χ4n) is 3.79. The van der Waals surface area contributed by atoms with Crippen molar-refractivity contribution in [2.75, 3.05) is 5.75 Å². The molecule has 3 saturated carbocycles. The molecule has 0 aliphatic heterocycles. The summed E-state index contributed by atoms with van der Waals surface area (Å²) in [6.45, 7) is 0. The first kappa shape index (κ1) is 12.4. The van der Waals surface area contributed by atoms with Crippen molar-refractivity contribution in [2.24, 2.45) is 5.41 Å². The Kier molecular flexibility index (Phi) is 2.37. The van der Waals surface area contributed by atoms with Crippen LogP contribution >= 0.6 is 10.7 Å². The van der Waals surface area contributed by atoms with E-state index >= 15 is 0 Å². The summed E-state index contributed by atoms with van der Waals surface area (Å²) in [7, 11) is 1.68. The van der Waals surface area contributed by atoms with Gasteiger partial charge in [0.05, 0.1) is 5.75 Å². The summed E-state index contributed by atoms with van der Waals surface area (Å²) in [5.41, 5.74) is -0.745. The number of rotatable bonds is 3. The van der Waals surface area contributed by atoms with E-state index in [0.29, 0.717) is 19.3 Å². The Morgan fingerprint density at radius 1 is 1.17 bits per heavy atom. The first-order chi connectivity index (χ1) is 8.25. The minimum absolute atomic E-state index is 0.0978. The van der Waals surface area contributed by atoms with Crippen LogP contribution in [0.5, 0.6) is 0 Å². The molecule has 1 aromatic rings. The molecule has 18 heavy (non-hydrogen) atoms. The summed E-state index contributed by atoms with van der Waals surface area (Å²) >= 11 is 0. The van der Waals surface area contributed by atoms with E-state index in [0.717, 1.165) is 0 Å². The summed E-state index contributed by atoms with van der Waals surface area (Å²) in [6.07, 6.45) is 1.51. The SMILES string of the molecule is O=S(=O)(Cl)CC12CC(c3c(F)cccc3F)(C1)C2. The predicted octanol–water partition coefficient (Wildman–Crippen LogP) is 2.96. The average molecular weight is 293 g/mol. The second-order valence-electron chi connectivity index (χ2n) is 5.59. The van der Waals surface area contributed by atoms with Gasteiger partial charge in [0.25, 0.3) is 0 Å². The molecular formula is C12H11ClF2O2S. The highest BCUT2D eigenvalue weighted by Gasteiger charge is 2.70. The van der Waals surface area contributed by atoms with E-state index in [4.69, 9.17) is 10.7 Å². The van der Waals surface area contributed by atoms with E-state index in [1.807, 2.05) is 0 Å². The lowest BCUT2D eigenvalue weighted by atomic mass is 9.34. The largest absolute Gasteiger partial charge is 0.233 e. The van der Waals surface area contributed by atoms with Gasteiger partial charge in [0.2, 0.25) is 9.05 Å². The molecule has 0 N–H and O–H groups in total. The molecule has 0 aromatic heterocycles. The molecule has 3 fully saturated rings. The maximum atomic E-state index is 13.7. The van der Waals surface area contributed by atoms with Crippen molar-refractivity contribution in [3.8, 4) is 0 Å². The van der Waals surface area contributed by atoms with E-state index in [1.165, 1.54) is 18.2 Å². The van der Waals surface area contributed by atoms with Crippen molar-refractivity contribution in [1.29, 1.82) is 0 Å². The number of benzene rings is 1. The van der Waals surface area contributed by atoms with Gasteiger partial charge in [0.1, 0.15) is 11.6 Å². The minimum atomic E-state index is -3.55. The van der Waals surface area contributed by atoms with Crippen LogP contribution in [0.1, 0.15) is 24.8 Å². The Labute approximate surface area is 108 Å². The predicted molar refractivity (Wildman–Crippen MR) is 64.0 cm³/mol. The van der Waals surface area contributed by atoms with Gasteiger partial charge in [0.15, 0.2) is 0 Å². The summed E-state index contributed by atoms with van der Waals surface area (Å²) in [5.74, 6) is -1.19. The number of hydrogen-bond acceptors (Lipinski definition) is 2. The summed E-state index contributed by atoms with van der Waals surface area (Å²) in [5, 5.41) is 0. The van der Waals surface area contributed by atoms with Gasteiger partial charge in [-0.25, -0.2) is 17.2 Å². The molecule has 98 valence electrons. The van der Waals surface area contributed by atoms with Crippen LogP contribution in [0.25, 0.3) is 0 Å². The van der Waals surface area contributed by atoms with E-state index < -0.39 is 26.1 Å². The lowest BCUT2D eigenvalue weighted by Crippen LogP contribution is -2.67. The van der Waals surface area contributed by atoms with Crippen LogP contribution in [0.3, 0.4) is 0 Å². The third-order valence-electron chi connectivity index (χ3n) is 4.11. The van der Waals surface area contributed by atoms with Gasteiger partial charge >= 0.3 is 0 Å². The molecule has 2 bridgehead atoms. The third kappa shape index (κ3) is 1.67. The molecule has 0 saturated heterocycles. The molecule has 0 heterocycles. The van der Waals surface area contributed by atoms with Gasteiger partial charge in [-0.3, -0.25) is 0 Å². The highest BCUT2D eigenvalue weighted by Crippen LogP contribution is 2.74. The van der Waals surface area contributed by atoms with Gasteiger partial charge < -0.3 is 0 Å². The van der Waals surface area contributed by atoms with Crippen LogP contribution in [-0.2, 0) is 14.5 Å². The van der Waals surface area contributed by atoms with E-state index in [-0.39, 0.29) is 16.7 Å². The fraction of sp³-hybridized carbons (Fsp3) is 0.500. The zero-order chi connectivity index (χ0) is 13.2. The van der Waals surface area contributed by atoms with E-state index in [9.17, 15) is 17.2 Å². The Morgan fingerprint density at radius 3 is 2.11 bits per heavy atom. The van der Waals surface area contributed by atoms with Crippen molar-refractivity contribution >= 4 is 19.7 Å². The molecule has 0 radical (unpaired) electrons. The molecule has 0 spiro atoms. The maximum Gasteiger partial charge on any atom is 0.233 e. The second-order valence-corrected chi connectivity index (χ2v) is 8.37. The maximum absolute atomic E-state index is 13.7. The van der Waals surface area contributed by atoms with Gasteiger partial charge in [-0.1, -0.05) is 6.07 Å². The molecule has 1 aromatic carbocycles. The monoisotopic (exact) mass is 292 g/mol. The van der Waals surface area contributed by atoms with Crippen LogP contribution in [0.15, 0.2) is 18.2 Å². The van der Waals surface area contributed by atoms with Crippen LogP contribution in [-0.4, -0.2) is 14.2 Å². The standard InChI is InChI=1S/C12H11ClF2O2S/c13-18(16,17)7-11-4-12(5-11,6-11)10-8(14)2-1-3-9(10)15/h1-3H,4-7H2. The normalized spacial score (nSPS) is 33.7. The molecule has 2 nitrogen and oxygen atoms in total. The Hall–Kier alpha value is -0.680. The highest BCUT2D eigenvalue weighted by molar-refractivity contribution is 8.13. The molecule has 6 heteroatoms. The summed E-state index contributed by atoms with van der Waals surface area (Å²) in [4.78, 5) is 0. The van der Waals surface area contributed by atoms with Gasteiger partial charge in [-0.2, -0.15) is 0 Å². The quantitative estimate of drug-likeness (QED) is 0.803. The van der Waals surface area contributed by atoms with Gasteiger partial charge in [-0.05, 0) is 36.8 Å². The molecule has 0 amide bonds. The molecular weight excluding hydrogens is 282 g/mol. The van der Waals surface area contributed by atoms with Crippen molar-refractivity contribution in [3.05, 3.63) is 35.4 Å². The molecule has 0 unspecified atom stereocenters. The smallest absolute Gasteiger partial charge is 0.212 e. The summed E-state index contributed by atoms with van der Waals surface area (Å²) in [6, 6.07) is 3.81. The summed E-state index contributed by atoms with van der Waals surface area (Å²) < 4.78 is 49.5. The fourth-order valence-corrected chi connectivity index (χ4v) is 5.52. The first-order valence-corrected chi connectivity index (χ1v) is 8.10. The van der Waals surface area contributed by atoms with Crippen LogP contribution < -0.4 is 0 Å². The Bertz CT molecular complexity index is 587. The van der Waals surface area contributed by atoms with Crippen LogP contribution in [0, 0.1) is 17.0 Å². The van der Waals surface area contributed by atoms with Crippen molar-refractivity contribution < 1.29 is 17.2 Å². The van der Waals surface area contributed by atoms with Crippen LogP contribution in [0.4, 0.5) is 8.78 Å². The van der Waals surface area contributed by atoms with Gasteiger partial charge in [-0.15, -0.1) is 0 Å². The van der Waals surface area contributed by atoms with Crippen LogP contribution in [0.2, 0.25) is 0 Å². The highest BCUT2D eigenvalue weighted by atomic mass is 35.7. The average Bonchev–Trinajstić information content (AvgIpc) is 2.09. The zero-order valence-electron chi connectivity index (χ0n) is 9.42. The zero-order valence-corrected chi connectivity index (χ0v) is 11.0. The number of hydrogen-bond donors (Lipinski definition) is 0. The molecule has 4 rings (SSSR count). The molecule has 3 aliphatic rings. The van der Waals surface area contributed by atoms with E-state index in [2.05, 4.69) is 0 Å². The molecule has 0 atom stereocenters.